The molecule has 1 unspecified atom stereocenters. The lowest BCUT2D eigenvalue weighted by Crippen LogP contribution is -2.14. The van der Waals surface area contributed by atoms with Gasteiger partial charge in [0.05, 0.1) is 17.1 Å². The Morgan fingerprint density at radius 1 is 1.20 bits per heavy atom. The predicted octanol–water partition coefficient (Wildman–Crippen LogP) is 4.17. The molecule has 106 valence electrons. The second kappa shape index (κ2) is 6.33. The van der Waals surface area contributed by atoms with E-state index in [4.69, 9.17) is 10.5 Å². The van der Waals surface area contributed by atoms with Crippen LogP contribution in [0.15, 0.2) is 40.9 Å². The van der Waals surface area contributed by atoms with Crippen LogP contribution in [0.1, 0.15) is 24.1 Å². The number of ether oxygens (including phenoxy) is 1. The SMILES string of the molecule is CCOc1ccc(C(N)c2ccc(F)cc2F)cc1Br. The van der Waals surface area contributed by atoms with Gasteiger partial charge in [-0.25, -0.2) is 8.78 Å². The molecule has 0 bridgehead atoms. The van der Waals surface area contributed by atoms with Crippen molar-refractivity contribution in [3.63, 3.8) is 0 Å². The normalized spacial score (nSPS) is 12.2. The van der Waals surface area contributed by atoms with Crippen LogP contribution < -0.4 is 10.5 Å². The summed E-state index contributed by atoms with van der Waals surface area (Å²) in [5, 5.41) is 0. The molecule has 2 rings (SSSR count). The highest BCUT2D eigenvalue weighted by atomic mass is 79.9. The Hall–Kier alpha value is -1.46. The Balaban J connectivity index is 2.33. The summed E-state index contributed by atoms with van der Waals surface area (Å²) in [6.45, 7) is 2.44. The van der Waals surface area contributed by atoms with E-state index >= 15 is 0 Å². The highest BCUT2D eigenvalue weighted by Gasteiger charge is 2.15. The van der Waals surface area contributed by atoms with Gasteiger partial charge in [-0.3, -0.25) is 0 Å². The first-order valence-corrected chi connectivity index (χ1v) is 6.95. The summed E-state index contributed by atoms with van der Waals surface area (Å²) in [6, 6.07) is 8.04. The molecule has 2 nitrogen and oxygen atoms in total. The van der Waals surface area contributed by atoms with Crippen molar-refractivity contribution in [2.45, 2.75) is 13.0 Å². The molecule has 0 aliphatic heterocycles. The summed E-state index contributed by atoms with van der Waals surface area (Å²) in [6.07, 6.45) is 0. The molecule has 5 heteroatoms. The fourth-order valence-corrected chi connectivity index (χ4v) is 2.43. The first kappa shape index (κ1) is 14.9. The van der Waals surface area contributed by atoms with E-state index in [0.717, 1.165) is 10.5 Å². The van der Waals surface area contributed by atoms with Crippen molar-refractivity contribution in [1.82, 2.24) is 0 Å². The number of halogens is 3. The van der Waals surface area contributed by atoms with Crippen molar-refractivity contribution in [1.29, 1.82) is 0 Å². The summed E-state index contributed by atoms with van der Waals surface area (Å²) in [5.74, 6) is -0.572. The second-order valence-electron chi connectivity index (χ2n) is 4.27. The van der Waals surface area contributed by atoms with Gasteiger partial charge in [0.15, 0.2) is 0 Å². The first-order valence-electron chi connectivity index (χ1n) is 6.15. The van der Waals surface area contributed by atoms with Crippen LogP contribution in [0.2, 0.25) is 0 Å². The lowest BCUT2D eigenvalue weighted by Gasteiger charge is -2.15. The van der Waals surface area contributed by atoms with Gasteiger partial charge in [0.2, 0.25) is 0 Å². The quantitative estimate of drug-likeness (QED) is 0.905. The molecule has 0 saturated carbocycles. The van der Waals surface area contributed by atoms with Crippen LogP contribution >= 0.6 is 15.9 Å². The average Bonchev–Trinajstić information content (AvgIpc) is 2.40. The highest BCUT2D eigenvalue weighted by molar-refractivity contribution is 9.10. The van der Waals surface area contributed by atoms with Crippen molar-refractivity contribution >= 4 is 15.9 Å². The standard InChI is InChI=1S/C15H14BrF2NO/c1-2-20-14-6-3-9(7-12(14)16)15(19)11-5-4-10(17)8-13(11)18/h3-8,15H,2,19H2,1H3. The Bertz CT molecular complexity index is 619. The van der Waals surface area contributed by atoms with E-state index in [1.807, 2.05) is 6.92 Å². The summed E-state index contributed by atoms with van der Waals surface area (Å²) in [5.41, 5.74) is 7.00. The molecule has 0 aliphatic carbocycles. The molecular formula is C15H14BrF2NO. The molecule has 0 aromatic heterocycles. The third-order valence-electron chi connectivity index (χ3n) is 2.91. The number of benzene rings is 2. The molecule has 1 atom stereocenters. The van der Waals surface area contributed by atoms with Gasteiger partial charge in [0, 0.05) is 11.6 Å². The maximum atomic E-state index is 13.7. The van der Waals surface area contributed by atoms with Crippen molar-refractivity contribution in [2.75, 3.05) is 6.61 Å². The predicted molar refractivity (Wildman–Crippen MR) is 77.7 cm³/mol. The van der Waals surface area contributed by atoms with Crippen molar-refractivity contribution in [2.24, 2.45) is 5.73 Å². The Morgan fingerprint density at radius 3 is 2.55 bits per heavy atom. The van der Waals surface area contributed by atoms with Gasteiger partial charge in [-0.2, -0.15) is 0 Å². The van der Waals surface area contributed by atoms with E-state index in [1.165, 1.54) is 12.1 Å². The lowest BCUT2D eigenvalue weighted by molar-refractivity contribution is 0.338. The third kappa shape index (κ3) is 3.16. The highest BCUT2D eigenvalue weighted by Crippen LogP contribution is 2.30. The molecule has 0 aliphatic rings. The van der Waals surface area contributed by atoms with E-state index in [0.29, 0.717) is 17.9 Å². The van der Waals surface area contributed by atoms with E-state index in [-0.39, 0.29) is 5.56 Å². The minimum Gasteiger partial charge on any atom is -0.493 e. The average molecular weight is 342 g/mol. The van der Waals surface area contributed by atoms with Crippen molar-refractivity contribution < 1.29 is 13.5 Å². The smallest absolute Gasteiger partial charge is 0.133 e. The molecule has 20 heavy (non-hydrogen) atoms. The minimum absolute atomic E-state index is 0.252. The number of rotatable bonds is 4. The zero-order valence-corrected chi connectivity index (χ0v) is 12.5. The molecule has 2 aromatic rings. The Morgan fingerprint density at radius 2 is 1.95 bits per heavy atom. The number of hydrogen-bond acceptors (Lipinski definition) is 2. The van der Waals surface area contributed by atoms with Crippen molar-refractivity contribution in [3.8, 4) is 5.75 Å². The van der Waals surface area contributed by atoms with Crippen LogP contribution in [0.3, 0.4) is 0 Å². The summed E-state index contributed by atoms with van der Waals surface area (Å²) < 4.78 is 32.8. The van der Waals surface area contributed by atoms with Crippen molar-refractivity contribution in [3.05, 3.63) is 63.6 Å². The molecule has 2 aromatic carbocycles. The van der Waals surface area contributed by atoms with Crippen LogP contribution in [-0.2, 0) is 0 Å². The fourth-order valence-electron chi connectivity index (χ4n) is 1.92. The molecule has 0 amide bonds. The Labute approximate surface area is 124 Å². The molecule has 2 N–H and O–H groups in total. The van der Waals surface area contributed by atoms with E-state index in [2.05, 4.69) is 15.9 Å². The van der Waals surface area contributed by atoms with Gasteiger partial charge in [-0.05, 0) is 46.6 Å². The van der Waals surface area contributed by atoms with Gasteiger partial charge >= 0.3 is 0 Å². The third-order valence-corrected chi connectivity index (χ3v) is 3.53. The largest absolute Gasteiger partial charge is 0.493 e. The van der Waals surface area contributed by atoms with Gasteiger partial charge in [0.1, 0.15) is 17.4 Å². The number of hydrogen-bond donors (Lipinski definition) is 1. The van der Waals surface area contributed by atoms with Crippen LogP contribution in [0.5, 0.6) is 5.75 Å². The monoisotopic (exact) mass is 341 g/mol. The van der Waals surface area contributed by atoms with Crippen LogP contribution in [-0.4, -0.2) is 6.61 Å². The number of nitrogens with two attached hydrogens (primary N) is 1. The molecule has 0 radical (unpaired) electrons. The topological polar surface area (TPSA) is 35.2 Å². The molecule has 0 saturated heterocycles. The zero-order chi connectivity index (χ0) is 14.7. The first-order chi connectivity index (χ1) is 9.52. The van der Waals surface area contributed by atoms with Gasteiger partial charge < -0.3 is 10.5 Å². The fraction of sp³-hybridized carbons (Fsp3) is 0.200. The summed E-state index contributed by atoms with van der Waals surface area (Å²) in [7, 11) is 0. The van der Waals surface area contributed by atoms with Gasteiger partial charge in [-0.1, -0.05) is 12.1 Å². The zero-order valence-electron chi connectivity index (χ0n) is 10.9. The van der Waals surface area contributed by atoms with E-state index < -0.39 is 17.7 Å². The molecule has 0 spiro atoms. The van der Waals surface area contributed by atoms with E-state index in [1.54, 1.807) is 18.2 Å². The summed E-state index contributed by atoms with van der Waals surface area (Å²) in [4.78, 5) is 0. The maximum Gasteiger partial charge on any atom is 0.133 e. The van der Waals surface area contributed by atoms with Gasteiger partial charge in [-0.15, -0.1) is 0 Å². The second-order valence-corrected chi connectivity index (χ2v) is 5.12. The van der Waals surface area contributed by atoms with Gasteiger partial charge in [0.25, 0.3) is 0 Å². The maximum absolute atomic E-state index is 13.7. The minimum atomic E-state index is -0.664. The molecular weight excluding hydrogens is 328 g/mol. The van der Waals surface area contributed by atoms with E-state index in [9.17, 15) is 8.78 Å². The molecule has 0 fully saturated rings. The Kier molecular flexibility index (Phi) is 4.73. The van der Waals surface area contributed by atoms with Crippen LogP contribution in [0, 0.1) is 11.6 Å². The molecule has 0 heterocycles. The van der Waals surface area contributed by atoms with Crippen LogP contribution in [0.25, 0.3) is 0 Å². The van der Waals surface area contributed by atoms with Crippen LogP contribution in [0.4, 0.5) is 8.78 Å². The summed E-state index contributed by atoms with van der Waals surface area (Å²) >= 11 is 3.38. The lowest BCUT2D eigenvalue weighted by atomic mass is 9.99.